The molecule has 0 amide bonds. The van der Waals surface area contributed by atoms with Crippen molar-refractivity contribution in [3.05, 3.63) is 17.5 Å². The van der Waals surface area contributed by atoms with E-state index < -0.39 is 0 Å². The maximum Gasteiger partial charge on any atom is 0.348 e. The second-order valence-electron chi connectivity index (χ2n) is 4.89. The maximum atomic E-state index is 5.81. The number of guanidine groups is 1. The van der Waals surface area contributed by atoms with Crippen LogP contribution in [0.2, 0.25) is 0 Å². The van der Waals surface area contributed by atoms with Crippen molar-refractivity contribution in [2.45, 2.75) is 40.2 Å². The standard InChI is InChI=1S/C11H19N5/c1-7-6-8(2)14-10(13-7)15-9(12)16-11(3,4)5/h6H,1-5H3,(H3,12,13,14,15,16)/p+1. The van der Waals surface area contributed by atoms with E-state index in [0.29, 0.717) is 11.9 Å². The summed E-state index contributed by atoms with van der Waals surface area (Å²) in [7, 11) is 0. The molecule has 1 rings (SSSR count). The fourth-order valence-electron chi connectivity index (χ4n) is 1.34. The van der Waals surface area contributed by atoms with Crippen LogP contribution in [0.1, 0.15) is 32.2 Å². The summed E-state index contributed by atoms with van der Waals surface area (Å²) in [4.78, 5) is 11.6. The van der Waals surface area contributed by atoms with Gasteiger partial charge in [0.15, 0.2) is 0 Å². The van der Waals surface area contributed by atoms with Crippen LogP contribution < -0.4 is 16.0 Å². The number of nitrogens with two attached hydrogens (primary N) is 1. The lowest BCUT2D eigenvalue weighted by molar-refractivity contribution is -0.539. The molecule has 0 spiro atoms. The van der Waals surface area contributed by atoms with Gasteiger partial charge in [-0.3, -0.25) is 10.7 Å². The predicted molar refractivity (Wildman–Crippen MR) is 65.0 cm³/mol. The molecule has 0 fully saturated rings. The van der Waals surface area contributed by atoms with E-state index in [-0.39, 0.29) is 5.54 Å². The Bertz CT molecular complexity index is 383. The first-order valence-corrected chi connectivity index (χ1v) is 5.26. The molecule has 0 saturated heterocycles. The molecule has 4 N–H and O–H groups in total. The van der Waals surface area contributed by atoms with E-state index >= 15 is 0 Å². The monoisotopic (exact) mass is 222 g/mol. The Hall–Kier alpha value is -1.65. The number of aryl methyl sites for hydroxylation is 2. The molecule has 5 heteroatoms. The van der Waals surface area contributed by atoms with Crippen LogP contribution in [0, 0.1) is 13.8 Å². The molecule has 0 saturated carbocycles. The van der Waals surface area contributed by atoms with E-state index in [4.69, 9.17) is 5.73 Å². The largest absolute Gasteiger partial charge is 0.348 e. The maximum absolute atomic E-state index is 5.81. The second-order valence-corrected chi connectivity index (χ2v) is 4.89. The van der Waals surface area contributed by atoms with Crippen LogP contribution in [0.4, 0.5) is 5.95 Å². The molecule has 0 aliphatic carbocycles. The molecule has 1 heterocycles. The second kappa shape index (κ2) is 4.47. The van der Waals surface area contributed by atoms with Gasteiger partial charge in [-0.2, -0.15) is 0 Å². The number of hydrogen-bond acceptors (Lipinski definition) is 2. The molecular weight excluding hydrogens is 202 g/mol. The zero-order valence-corrected chi connectivity index (χ0v) is 10.5. The molecule has 16 heavy (non-hydrogen) atoms. The minimum atomic E-state index is -0.0873. The Balaban J connectivity index is 2.85. The van der Waals surface area contributed by atoms with E-state index in [1.807, 2.05) is 40.7 Å². The highest BCUT2D eigenvalue weighted by Crippen LogP contribution is 2.02. The molecule has 0 bridgehead atoms. The highest BCUT2D eigenvalue weighted by molar-refractivity contribution is 5.85. The Morgan fingerprint density at radius 2 is 1.75 bits per heavy atom. The van der Waals surface area contributed by atoms with Crippen molar-refractivity contribution in [3.63, 3.8) is 0 Å². The van der Waals surface area contributed by atoms with Crippen molar-refractivity contribution in [2.75, 3.05) is 5.32 Å². The van der Waals surface area contributed by atoms with Crippen LogP contribution in [0.3, 0.4) is 0 Å². The highest BCUT2D eigenvalue weighted by Gasteiger charge is 2.12. The van der Waals surface area contributed by atoms with E-state index in [1.54, 1.807) is 0 Å². The molecular formula is C11H20N5+. The number of hydrogen-bond donors (Lipinski definition) is 3. The Labute approximate surface area is 96.2 Å². The Morgan fingerprint density at radius 1 is 1.25 bits per heavy atom. The topological polar surface area (TPSA) is 77.8 Å². The predicted octanol–water partition coefficient (Wildman–Crippen LogP) is -0.301. The van der Waals surface area contributed by atoms with Crippen molar-refractivity contribution in [1.29, 1.82) is 0 Å². The molecule has 0 aliphatic rings. The number of nitrogens with zero attached hydrogens (tertiary/aromatic N) is 2. The van der Waals surface area contributed by atoms with Crippen LogP contribution in [0.5, 0.6) is 0 Å². The van der Waals surface area contributed by atoms with Crippen molar-refractivity contribution in [1.82, 2.24) is 9.97 Å². The van der Waals surface area contributed by atoms with Gasteiger partial charge in [-0.25, -0.2) is 15.3 Å². The van der Waals surface area contributed by atoms with Gasteiger partial charge in [0.2, 0.25) is 0 Å². The zero-order valence-electron chi connectivity index (χ0n) is 10.5. The summed E-state index contributed by atoms with van der Waals surface area (Å²) in [5, 5.41) is 2.94. The number of aromatic nitrogens is 2. The lowest BCUT2D eigenvalue weighted by Crippen LogP contribution is -2.87. The molecule has 88 valence electrons. The third-order valence-electron chi connectivity index (χ3n) is 1.74. The van der Waals surface area contributed by atoms with Crippen molar-refractivity contribution in [3.8, 4) is 0 Å². The van der Waals surface area contributed by atoms with Gasteiger partial charge in [-0.1, -0.05) is 0 Å². The number of anilines is 1. The van der Waals surface area contributed by atoms with Crippen molar-refractivity contribution < 1.29 is 4.99 Å². The molecule has 0 aromatic carbocycles. The first-order chi connectivity index (χ1) is 7.26. The van der Waals surface area contributed by atoms with Gasteiger partial charge < -0.3 is 0 Å². The summed E-state index contributed by atoms with van der Waals surface area (Å²) >= 11 is 0. The van der Waals surface area contributed by atoms with Crippen LogP contribution in [-0.4, -0.2) is 21.5 Å². The third-order valence-corrected chi connectivity index (χ3v) is 1.74. The minimum absolute atomic E-state index is 0.0873. The minimum Gasteiger partial charge on any atom is -0.290 e. The normalized spacial score (nSPS) is 12.7. The number of nitrogens with one attached hydrogen (secondary N) is 2. The molecule has 1 aromatic heterocycles. The molecule has 0 unspecified atom stereocenters. The van der Waals surface area contributed by atoms with Crippen LogP contribution in [-0.2, 0) is 0 Å². The fourth-order valence-corrected chi connectivity index (χ4v) is 1.34. The molecule has 0 radical (unpaired) electrons. The first-order valence-electron chi connectivity index (χ1n) is 5.26. The van der Waals surface area contributed by atoms with Gasteiger partial charge in [0.05, 0.1) is 5.54 Å². The quantitative estimate of drug-likeness (QED) is 0.450. The highest BCUT2D eigenvalue weighted by atomic mass is 15.2. The fraction of sp³-hybridized carbons (Fsp3) is 0.545. The van der Waals surface area contributed by atoms with Crippen LogP contribution in [0.15, 0.2) is 6.07 Å². The van der Waals surface area contributed by atoms with E-state index in [9.17, 15) is 0 Å². The van der Waals surface area contributed by atoms with Crippen LogP contribution >= 0.6 is 0 Å². The van der Waals surface area contributed by atoms with E-state index in [1.165, 1.54) is 0 Å². The Kier molecular flexibility index (Phi) is 3.47. The van der Waals surface area contributed by atoms with E-state index in [0.717, 1.165) is 11.4 Å². The summed E-state index contributed by atoms with van der Waals surface area (Å²) in [6.07, 6.45) is 0. The van der Waals surface area contributed by atoms with E-state index in [2.05, 4.69) is 20.3 Å². The lowest BCUT2D eigenvalue weighted by atomic mass is 10.1. The zero-order chi connectivity index (χ0) is 12.3. The van der Waals surface area contributed by atoms with Gasteiger partial charge in [-0.15, -0.1) is 0 Å². The lowest BCUT2D eigenvalue weighted by Gasteiger charge is -2.11. The molecule has 5 nitrogen and oxygen atoms in total. The average molecular weight is 222 g/mol. The average Bonchev–Trinajstić information content (AvgIpc) is 1.96. The Morgan fingerprint density at radius 3 is 2.19 bits per heavy atom. The van der Waals surface area contributed by atoms with Gasteiger partial charge in [0.25, 0.3) is 5.95 Å². The van der Waals surface area contributed by atoms with Gasteiger partial charge in [-0.05, 0) is 40.7 Å². The van der Waals surface area contributed by atoms with Crippen molar-refractivity contribution >= 4 is 11.9 Å². The molecule has 1 aromatic rings. The first kappa shape index (κ1) is 12.4. The summed E-state index contributed by atoms with van der Waals surface area (Å²) < 4.78 is 0. The SMILES string of the molecule is Cc1cc(C)nc(NC(N)=[NH+]C(C)(C)C)n1. The van der Waals surface area contributed by atoms with Gasteiger partial charge in [0.1, 0.15) is 0 Å². The summed E-state index contributed by atoms with van der Waals surface area (Å²) in [6.45, 7) is 9.94. The smallest absolute Gasteiger partial charge is 0.290 e. The summed E-state index contributed by atoms with van der Waals surface area (Å²) in [5.41, 5.74) is 7.55. The summed E-state index contributed by atoms with van der Waals surface area (Å²) in [5.74, 6) is 0.976. The van der Waals surface area contributed by atoms with Gasteiger partial charge in [0, 0.05) is 11.4 Å². The molecule has 0 aliphatic heterocycles. The summed E-state index contributed by atoms with van der Waals surface area (Å²) in [6, 6.07) is 1.92. The van der Waals surface area contributed by atoms with Gasteiger partial charge >= 0.3 is 5.96 Å². The third kappa shape index (κ3) is 4.25. The number of rotatable bonds is 1. The van der Waals surface area contributed by atoms with Crippen molar-refractivity contribution in [2.24, 2.45) is 5.73 Å². The molecule has 0 atom stereocenters. The van der Waals surface area contributed by atoms with Crippen LogP contribution in [0.25, 0.3) is 0 Å².